The smallest absolute Gasteiger partial charge is 0.305 e. The van der Waals surface area contributed by atoms with Crippen LogP contribution in [0, 0.1) is 5.92 Å². The van der Waals surface area contributed by atoms with E-state index in [1.54, 1.807) is 0 Å². The molecule has 1 heterocycles. The summed E-state index contributed by atoms with van der Waals surface area (Å²) in [6.07, 6.45) is 34.7. The SMILES string of the molecule is CCCCCCCSC(=O)N(CC1CCN(C)CC1)C(CCCCCOC(=O)CCCCC(OCCCCC)OCCCCC)CCCCCOC(=O)CCCCC(OCCCCC)OCCCCC. The monoisotopic (exact) mass is 1010 g/mol. The van der Waals surface area contributed by atoms with Gasteiger partial charge in [0, 0.05) is 57.6 Å². The van der Waals surface area contributed by atoms with Crippen LogP contribution < -0.4 is 0 Å². The number of ether oxygens (including phenoxy) is 6. The van der Waals surface area contributed by atoms with E-state index in [0.717, 1.165) is 187 Å². The molecule has 0 spiro atoms. The molecule has 1 saturated heterocycles. The van der Waals surface area contributed by atoms with E-state index in [9.17, 15) is 14.4 Å². The molecule has 11 nitrogen and oxygen atoms in total. The molecule has 70 heavy (non-hydrogen) atoms. The zero-order valence-corrected chi connectivity index (χ0v) is 47.4. The molecule has 1 amide bonds. The Balaban J connectivity index is 2.68. The van der Waals surface area contributed by atoms with Gasteiger partial charge in [0.15, 0.2) is 12.6 Å². The van der Waals surface area contributed by atoms with Gasteiger partial charge in [-0.05, 0) is 148 Å². The lowest BCUT2D eigenvalue weighted by atomic mass is 9.94. The lowest BCUT2D eigenvalue weighted by Gasteiger charge is -2.37. The minimum atomic E-state index is -0.186. The predicted molar refractivity (Wildman–Crippen MR) is 293 cm³/mol. The fourth-order valence-corrected chi connectivity index (χ4v) is 9.90. The molecule has 12 heteroatoms. The summed E-state index contributed by atoms with van der Waals surface area (Å²) in [5.74, 6) is 1.17. The third-order valence-corrected chi connectivity index (χ3v) is 14.7. The molecule has 0 atom stereocenters. The lowest BCUT2D eigenvalue weighted by molar-refractivity contribution is -0.149. The number of carbonyl (C=O) groups excluding carboxylic acids is 3. The first-order valence-electron chi connectivity index (χ1n) is 29.7. The number of likely N-dealkylation sites (tertiary alicyclic amines) is 1. The molecule has 0 bridgehead atoms. The molecule has 1 fully saturated rings. The topological polar surface area (TPSA) is 113 Å². The second-order valence-corrected chi connectivity index (χ2v) is 21.4. The first kappa shape index (κ1) is 66.6. The number of nitrogens with zero attached hydrogens (tertiary/aromatic N) is 2. The van der Waals surface area contributed by atoms with Crippen molar-refractivity contribution in [1.29, 1.82) is 0 Å². The highest BCUT2D eigenvalue weighted by atomic mass is 32.2. The third-order valence-electron chi connectivity index (χ3n) is 13.7. The molecular formula is C58H112N2O9S. The number of amides is 1. The molecule has 0 N–H and O–H groups in total. The Morgan fingerprint density at radius 1 is 0.471 bits per heavy atom. The number of thioether (sulfide) groups is 1. The van der Waals surface area contributed by atoms with Crippen molar-refractivity contribution in [1.82, 2.24) is 9.80 Å². The molecule has 0 radical (unpaired) electrons. The van der Waals surface area contributed by atoms with Crippen molar-refractivity contribution in [2.45, 2.75) is 278 Å². The fraction of sp³-hybridized carbons (Fsp3) is 0.948. The zero-order valence-electron chi connectivity index (χ0n) is 46.6. The standard InChI is InChI=1S/C58H112N2O9S/c1-7-12-17-18-33-50-70-58(63)60(51-52-40-42-59(6)43-41-52)53(34-21-19-31-44-64-54(61)36-23-25-38-56(66-46-27-13-8-2)67-47-28-14-9-3)35-22-20-32-45-65-55(62)37-24-26-39-57(68-48-29-15-10-4)69-49-30-16-11-5/h52-53,56-57H,7-51H2,1-6H3. The number of hydrogen-bond acceptors (Lipinski definition) is 11. The minimum absolute atomic E-state index is 0.121. The molecule has 0 aromatic rings. The Morgan fingerprint density at radius 3 is 1.27 bits per heavy atom. The summed E-state index contributed by atoms with van der Waals surface area (Å²) in [6, 6.07) is 0.176. The first-order valence-corrected chi connectivity index (χ1v) is 30.7. The zero-order chi connectivity index (χ0) is 51.0. The van der Waals surface area contributed by atoms with Crippen molar-refractivity contribution < 1.29 is 42.8 Å². The highest BCUT2D eigenvalue weighted by Crippen LogP contribution is 2.27. The number of esters is 2. The Hall–Kier alpha value is -1.44. The van der Waals surface area contributed by atoms with Gasteiger partial charge in [-0.1, -0.05) is 136 Å². The summed E-state index contributed by atoms with van der Waals surface area (Å²) in [7, 11) is 2.20. The van der Waals surface area contributed by atoms with Crippen LogP contribution in [0.2, 0.25) is 0 Å². The number of rotatable bonds is 51. The van der Waals surface area contributed by atoms with Crippen LogP contribution in [0.5, 0.6) is 0 Å². The predicted octanol–water partition coefficient (Wildman–Crippen LogP) is 15.6. The molecule has 0 aromatic heterocycles. The fourth-order valence-electron chi connectivity index (χ4n) is 8.99. The van der Waals surface area contributed by atoms with Crippen LogP contribution in [0.3, 0.4) is 0 Å². The van der Waals surface area contributed by atoms with Gasteiger partial charge in [0.05, 0.1) is 13.2 Å². The van der Waals surface area contributed by atoms with Gasteiger partial charge in [0.1, 0.15) is 0 Å². The normalized spacial score (nSPS) is 13.6. The Labute approximate surface area is 435 Å². The van der Waals surface area contributed by atoms with Gasteiger partial charge < -0.3 is 38.2 Å². The van der Waals surface area contributed by atoms with Crippen molar-refractivity contribution >= 4 is 28.9 Å². The molecule has 0 saturated carbocycles. The Bertz CT molecular complexity index is 1090. The highest BCUT2D eigenvalue weighted by molar-refractivity contribution is 8.13. The summed E-state index contributed by atoms with van der Waals surface area (Å²) in [5, 5.41) is 0.247. The molecule has 1 rings (SSSR count). The summed E-state index contributed by atoms with van der Waals surface area (Å²) < 4.78 is 35.6. The maximum atomic E-state index is 14.1. The molecule has 0 aliphatic carbocycles. The second kappa shape index (κ2) is 49.8. The van der Waals surface area contributed by atoms with Gasteiger partial charge in [0.2, 0.25) is 0 Å². The maximum Gasteiger partial charge on any atom is 0.305 e. The Morgan fingerprint density at radius 2 is 0.843 bits per heavy atom. The summed E-state index contributed by atoms with van der Waals surface area (Å²) in [6.45, 7) is 17.9. The van der Waals surface area contributed by atoms with E-state index in [1.165, 1.54) is 88.8 Å². The van der Waals surface area contributed by atoms with E-state index in [2.05, 4.69) is 51.5 Å². The molecule has 414 valence electrons. The molecule has 0 unspecified atom stereocenters. The molecule has 1 aliphatic rings. The number of unbranched alkanes of at least 4 members (excludes halogenated alkanes) is 18. The first-order chi connectivity index (χ1) is 34.3. The van der Waals surface area contributed by atoms with Gasteiger partial charge in [-0.25, -0.2) is 0 Å². The molecular weight excluding hydrogens is 901 g/mol. The van der Waals surface area contributed by atoms with Crippen LogP contribution in [0.25, 0.3) is 0 Å². The number of hydrogen-bond donors (Lipinski definition) is 0. The van der Waals surface area contributed by atoms with E-state index < -0.39 is 0 Å². The van der Waals surface area contributed by atoms with E-state index in [0.29, 0.717) is 32.0 Å². The average molecular weight is 1010 g/mol. The maximum absolute atomic E-state index is 14.1. The Kier molecular flexibility index (Phi) is 47.3. The number of carbonyl (C=O) groups is 3. The quantitative estimate of drug-likeness (QED) is 0.0330. The van der Waals surface area contributed by atoms with Crippen LogP contribution in [0.1, 0.15) is 259 Å². The summed E-state index contributed by atoms with van der Waals surface area (Å²) in [5.41, 5.74) is 0. The van der Waals surface area contributed by atoms with Crippen molar-refractivity contribution in [3.05, 3.63) is 0 Å². The van der Waals surface area contributed by atoms with Crippen molar-refractivity contribution in [3.63, 3.8) is 0 Å². The van der Waals surface area contributed by atoms with Gasteiger partial charge in [0.25, 0.3) is 5.24 Å². The summed E-state index contributed by atoms with van der Waals surface area (Å²) >= 11 is 1.53. The van der Waals surface area contributed by atoms with Crippen LogP contribution in [-0.2, 0) is 38.0 Å². The van der Waals surface area contributed by atoms with Crippen molar-refractivity contribution in [2.24, 2.45) is 5.92 Å². The van der Waals surface area contributed by atoms with Gasteiger partial charge in [-0.3, -0.25) is 14.4 Å². The third kappa shape index (κ3) is 40.0. The molecule has 0 aromatic carbocycles. The van der Waals surface area contributed by atoms with E-state index in [-0.39, 0.29) is 35.8 Å². The second-order valence-electron chi connectivity index (χ2n) is 20.4. The van der Waals surface area contributed by atoms with Gasteiger partial charge >= 0.3 is 11.9 Å². The largest absolute Gasteiger partial charge is 0.466 e. The van der Waals surface area contributed by atoms with Crippen LogP contribution in [-0.4, -0.2) is 118 Å². The van der Waals surface area contributed by atoms with Gasteiger partial charge in [-0.15, -0.1) is 0 Å². The van der Waals surface area contributed by atoms with Crippen LogP contribution in [0.4, 0.5) is 4.79 Å². The van der Waals surface area contributed by atoms with Crippen LogP contribution in [0.15, 0.2) is 0 Å². The minimum Gasteiger partial charge on any atom is -0.466 e. The van der Waals surface area contributed by atoms with Crippen molar-refractivity contribution in [2.75, 3.05) is 72.1 Å². The molecule has 1 aliphatic heterocycles. The van der Waals surface area contributed by atoms with Gasteiger partial charge in [-0.2, -0.15) is 0 Å². The lowest BCUT2D eigenvalue weighted by Crippen LogP contribution is -2.44. The average Bonchev–Trinajstić information content (AvgIpc) is 3.36. The van der Waals surface area contributed by atoms with Crippen LogP contribution >= 0.6 is 11.8 Å². The van der Waals surface area contributed by atoms with Crippen molar-refractivity contribution in [3.8, 4) is 0 Å². The van der Waals surface area contributed by atoms with E-state index in [1.807, 2.05) is 0 Å². The number of piperidine rings is 1. The van der Waals surface area contributed by atoms with E-state index in [4.69, 9.17) is 28.4 Å². The summed E-state index contributed by atoms with van der Waals surface area (Å²) in [4.78, 5) is 44.2. The highest BCUT2D eigenvalue weighted by Gasteiger charge is 2.28. The van der Waals surface area contributed by atoms with E-state index >= 15 is 0 Å².